The average molecular weight is 332 g/mol. The van der Waals surface area contributed by atoms with Crippen molar-refractivity contribution in [1.82, 2.24) is 15.1 Å². The van der Waals surface area contributed by atoms with E-state index < -0.39 is 6.04 Å². The number of morpholine rings is 1. The molecule has 2 heterocycles. The summed E-state index contributed by atoms with van der Waals surface area (Å²) in [5.41, 5.74) is 0.965. The largest absolute Gasteiger partial charge is 0.369 e. The van der Waals surface area contributed by atoms with E-state index in [1.807, 2.05) is 37.3 Å². The molecular weight excluding hydrogens is 316 g/mol. The third-order valence-corrected chi connectivity index (χ3v) is 4.21. The second kappa shape index (κ2) is 6.84. The molecule has 3 rings (SSSR count). The van der Waals surface area contributed by atoms with Gasteiger partial charge in [-0.15, -0.1) is 10.2 Å². The minimum Gasteiger partial charge on any atom is -0.369 e. The second-order valence-electron chi connectivity index (χ2n) is 5.15. The fourth-order valence-corrected chi connectivity index (χ4v) is 2.93. The van der Waals surface area contributed by atoms with Crippen LogP contribution in [0.15, 0.2) is 30.3 Å². The molecule has 120 valence electrons. The van der Waals surface area contributed by atoms with Crippen molar-refractivity contribution in [1.29, 1.82) is 0 Å². The Balaban J connectivity index is 1.74. The highest BCUT2D eigenvalue weighted by molar-refractivity contribution is 7.15. The van der Waals surface area contributed by atoms with Crippen molar-refractivity contribution in [3.63, 3.8) is 0 Å². The topological polar surface area (TPSA) is 84.4 Å². The number of carbonyl (C=O) groups excluding carboxylic acids is 2. The van der Waals surface area contributed by atoms with Gasteiger partial charge < -0.3 is 9.64 Å². The summed E-state index contributed by atoms with van der Waals surface area (Å²) >= 11 is 1.29. The molecule has 1 aromatic carbocycles. The second-order valence-corrected chi connectivity index (χ2v) is 6.34. The van der Waals surface area contributed by atoms with Crippen molar-refractivity contribution in [3.05, 3.63) is 40.9 Å². The van der Waals surface area contributed by atoms with Crippen molar-refractivity contribution in [3.8, 4) is 0 Å². The lowest BCUT2D eigenvalue weighted by Gasteiger charge is -2.34. The summed E-state index contributed by atoms with van der Waals surface area (Å²) in [5, 5.41) is 11.6. The van der Waals surface area contributed by atoms with Crippen molar-refractivity contribution in [2.45, 2.75) is 19.5 Å². The molecule has 8 heteroatoms. The van der Waals surface area contributed by atoms with Crippen LogP contribution in [0.5, 0.6) is 0 Å². The zero-order valence-corrected chi connectivity index (χ0v) is 13.4. The predicted molar refractivity (Wildman–Crippen MR) is 84.9 cm³/mol. The van der Waals surface area contributed by atoms with E-state index in [1.165, 1.54) is 11.3 Å². The van der Waals surface area contributed by atoms with Gasteiger partial charge in [-0.25, -0.2) is 0 Å². The first-order valence-corrected chi connectivity index (χ1v) is 7.97. The molecule has 0 radical (unpaired) electrons. The summed E-state index contributed by atoms with van der Waals surface area (Å²) in [7, 11) is 0. The van der Waals surface area contributed by atoms with Gasteiger partial charge in [-0.05, 0) is 12.5 Å². The number of amides is 2. The lowest BCUT2D eigenvalue weighted by Crippen LogP contribution is -2.54. The van der Waals surface area contributed by atoms with Gasteiger partial charge in [0.15, 0.2) is 0 Å². The van der Waals surface area contributed by atoms with Crippen LogP contribution in [-0.2, 0) is 20.9 Å². The highest BCUT2D eigenvalue weighted by atomic mass is 32.1. The summed E-state index contributed by atoms with van der Waals surface area (Å²) in [4.78, 5) is 26.2. The van der Waals surface area contributed by atoms with Crippen LogP contribution in [0.25, 0.3) is 0 Å². The molecule has 23 heavy (non-hydrogen) atoms. The number of hydrogen-bond donors (Lipinski definition) is 1. The monoisotopic (exact) mass is 332 g/mol. The number of benzene rings is 1. The first-order chi connectivity index (χ1) is 11.1. The van der Waals surface area contributed by atoms with Crippen molar-refractivity contribution in [2.24, 2.45) is 0 Å². The standard InChI is InChI=1S/C15H16N4O3S/c1-10-17-18-15(23-10)16-14(21)12-8-22-9-13(20)19(12)7-11-5-3-2-4-6-11/h2-6,12H,7-9H2,1H3,(H,16,18,21)/t12-/m1/s1. The Kier molecular flexibility index (Phi) is 4.63. The first-order valence-electron chi connectivity index (χ1n) is 7.15. The summed E-state index contributed by atoms with van der Waals surface area (Å²) < 4.78 is 5.24. The predicted octanol–water partition coefficient (Wildman–Crippen LogP) is 1.21. The van der Waals surface area contributed by atoms with Crippen LogP contribution in [-0.4, -0.2) is 46.2 Å². The van der Waals surface area contributed by atoms with Crippen molar-refractivity contribution < 1.29 is 14.3 Å². The zero-order valence-electron chi connectivity index (χ0n) is 12.6. The molecule has 1 aromatic heterocycles. The highest BCUT2D eigenvalue weighted by Gasteiger charge is 2.34. The number of aromatic nitrogens is 2. The van der Waals surface area contributed by atoms with Crippen LogP contribution in [0.3, 0.4) is 0 Å². The third kappa shape index (κ3) is 3.72. The van der Waals surface area contributed by atoms with Gasteiger partial charge in [0.05, 0.1) is 6.61 Å². The van der Waals surface area contributed by atoms with Crippen LogP contribution < -0.4 is 5.32 Å². The van der Waals surface area contributed by atoms with Gasteiger partial charge in [0, 0.05) is 6.54 Å². The summed E-state index contributed by atoms with van der Waals surface area (Å²) in [6.07, 6.45) is 0. The molecule has 1 aliphatic heterocycles. The van der Waals surface area contributed by atoms with Crippen LogP contribution >= 0.6 is 11.3 Å². The molecule has 7 nitrogen and oxygen atoms in total. The van der Waals surface area contributed by atoms with E-state index in [4.69, 9.17) is 4.74 Å². The van der Waals surface area contributed by atoms with Gasteiger partial charge in [-0.1, -0.05) is 41.7 Å². The highest BCUT2D eigenvalue weighted by Crippen LogP contribution is 2.18. The van der Waals surface area contributed by atoms with Gasteiger partial charge in [0.1, 0.15) is 17.7 Å². The summed E-state index contributed by atoms with van der Waals surface area (Å²) in [6, 6.07) is 8.88. The Morgan fingerprint density at radius 1 is 1.39 bits per heavy atom. The summed E-state index contributed by atoms with van der Waals surface area (Å²) in [5.74, 6) is -0.515. The number of ether oxygens (including phenoxy) is 1. The molecule has 1 fully saturated rings. The molecule has 1 atom stereocenters. The average Bonchev–Trinajstić information content (AvgIpc) is 2.95. The van der Waals surface area contributed by atoms with E-state index in [-0.39, 0.29) is 25.0 Å². The van der Waals surface area contributed by atoms with Gasteiger partial charge in [-0.2, -0.15) is 0 Å². The lowest BCUT2D eigenvalue weighted by molar-refractivity contribution is -0.154. The molecule has 2 aromatic rings. The molecular formula is C15H16N4O3S. The number of aryl methyl sites for hydroxylation is 1. The minimum atomic E-state index is -0.680. The maximum absolute atomic E-state index is 12.5. The number of nitrogens with one attached hydrogen (secondary N) is 1. The Morgan fingerprint density at radius 3 is 2.87 bits per heavy atom. The Labute approximate surface area is 137 Å². The zero-order chi connectivity index (χ0) is 16.2. The fourth-order valence-electron chi connectivity index (χ4n) is 2.34. The minimum absolute atomic E-state index is 0.00543. The molecule has 0 spiro atoms. The maximum Gasteiger partial charge on any atom is 0.251 e. The van der Waals surface area contributed by atoms with E-state index in [2.05, 4.69) is 15.5 Å². The van der Waals surface area contributed by atoms with Crippen LogP contribution in [0.4, 0.5) is 5.13 Å². The Hall–Kier alpha value is -2.32. The third-order valence-electron chi connectivity index (χ3n) is 3.45. The number of nitrogens with zero attached hydrogens (tertiary/aromatic N) is 3. The molecule has 1 aliphatic rings. The molecule has 1 saturated heterocycles. The van der Waals surface area contributed by atoms with Gasteiger partial charge in [0.25, 0.3) is 5.91 Å². The molecule has 0 saturated carbocycles. The molecule has 0 unspecified atom stereocenters. The van der Waals surface area contributed by atoms with Crippen LogP contribution in [0.1, 0.15) is 10.6 Å². The Morgan fingerprint density at radius 2 is 2.17 bits per heavy atom. The quantitative estimate of drug-likeness (QED) is 0.910. The normalized spacial score (nSPS) is 18.0. The molecule has 1 N–H and O–H groups in total. The van der Waals surface area contributed by atoms with Crippen molar-refractivity contribution >= 4 is 28.3 Å². The maximum atomic E-state index is 12.5. The Bertz CT molecular complexity index is 704. The van der Waals surface area contributed by atoms with E-state index in [0.717, 1.165) is 10.6 Å². The SMILES string of the molecule is Cc1nnc(NC(=O)[C@H]2COCC(=O)N2Cc2ccccc2)s1. The number of carbonyl (C=O) groups is 2. The number of rotatable bonds is 4. The first kappa shape index (κ1) is 15.6. The van der Waals surface area contributed by atoms with Gasteiger partial charge >= 0.3 is 0 Å². The van der Waals surface area contributed by atoms with Gasteiger partial charge in [0.2, 0.25) is 11.0 Å². The molecule has 0 bridgehead atoms. The molecule has 2 amide bonds. The number of anilines is 1. The summed E-state index contributed by atoms with van der Waals surface area (Å²) in [6.45, 7) is 2.34. The number of hydrogen-bond acceptors (Lipinski definition) is 6. The van der Waals surface area contributed by atoms with E-state index in [1.54, 1.807) is 4.90 Å². The fraction of sp³-hybridized carbons (Fsp3) is 0.333. The lowest BCUT2D eigenvalue weighted by atomic mass is 10.1. The van der Waals surface area contributed by atoms with Crippen molar-refractivity contribution in [2.75, 3.05) is 18.5 Å². The molecule has 0 aliphatic carbocycles. The van der Waals surface area contributed by atoms with E-state index in [9.17, 15) is 9.59 Å². The van der Waals surface area contributed by atoms with E-state index in [0.29, 0.717) is 11.7 Å². The van der Waals surface area contributed by atoms with Crippen LogP contribution in [0, 0.1) is 6.92 Å². The van der Waals surface area contributed by atoms with Gasteiger partial charge in [-0.3, -0.25) is 14.9 Å². The smallest absolute Gasteiger partial charge is 0.251 e. The van der Waals surface area contributed by atoms with Crippen LogP contribution in [0.2, 0.25) is 0 Å². The van der Waals surface area contributed by atoms with E-state index >= 15 is 0 Å².